The van der Waals surface area contributed by atoms with E-state index in [1.807, 2.05) is 42.5 Å². The zero-order valence-corrected chi connectivity index (χ0v) is 17.6. The second-order valence-corrected chi connectivity index (χ2v) is 9.22. The molecule has 2 aromatic rings. The monoisotopic (exact) mass is 455 g/mol. The molecule has 27 heavy (non-hydrogen) atoms. The fourth-order valence-electron chi connectivity index (χ4n) is 2.28. The maximum Gasteiger partial charge on any atom is 0.410 e. The number of sulfone groups is 1. The highest BCUT2D eigenvalue weighted by Crippen LogP contribution is 2.30. The minimum atomic E-state index is -3.12. The highest BCUT2D eigenvalue weighted by Gasteiger charge is 2.16. The van der Waals surface area contributed by atoms with Crippen molar-refractivity contribution in [1.82, 2.24) is 4.90 Å². The van der Waals surface area contributed by atoms with Crippen molar-refractivity contribution in [2.24, 2.45) is 0 Å². The molecule has 0 atom stereocenters. The molecule has 6 nitrogen and oxygen atoms in total. The summed E-state index contributed by atoms with van der Waals surface area (Å²) >= 11 is 3.41. The number of carbonyl (C=O) groups is 1. The van der Waals surface area contributed by atoms with Crippen LogP contribution in [0.4, 0.5) is 4.79 Å². The number of hydrogen-bond donors (Lipinski definition) is 0. The standard InChI is InChI=1S/C19H22BrNO5S/c1-21(19(22)26-14-15-7-4-3-5-8-15)13-16-9-6-10-17(20)18(16)25-11-12-27(2,23)24/h3-10H,11-14H2,1-2H3. The van der Waals surface area contributed by atoms with Crippen LogP contribution in [0.2, 0.25) is 0 Å². The molecular formula is C19H22BrNO5S. The Bertz CT molecular complexity index is 871. The molecule has 0 aromatic heterocycles. The SMILES string of the molecule is CN(Cc1cccc(Br)c1OCCS(C)(=O)=O)C(=O)OCc1ccccc1. The summed E-state index contributed by atoms with van der Waals surface area (Å²) in [5.41, 5.74) is 1.66. The van der Waals surface area contributed by atoms with Gasteiger partial charge in [0, 0.05) is 18.9 Å². The Balaban J connectivity index is 1.98. The van der Waals surface area contributed by atoms with Crippen LogP contribution in [0.3, 0.4) is 0 Å². The zero-order chi connectivity index (χ0) is 19.9. The van der Waals surface area contributed by atoms with Crippen molar-refractivity contribution in [3.63, 3.8) is 0 Å². The Morgan fingerprint density at radius 3 is 2.48 bits per heavy atom. The molecule has 1 amide bonds. The number of benzene rings is 2. The van der Waals surface area contributed by atoms with Gasteiger partial charge in [-0.2, -0.15) is 0 Å². The van der Waals surface area contributed by atoms with E-state index < -0.39 is 15.9 Å². The van der Waals surface area contributed by atoms with Gasteiger partial charge in [-0.25, -0.2) is 13.2 Å². The zero-order valence-electron chi connectivity index (χ0n) is 15.2. The van der Waals surface area contributed by atoms with Crippen LogP contribution >= 0.6 is 15.9 Å². The van der Waals surface area contributed by atoms with Crippen LogP contribution in [-0.4, -0.2) is 45.1 Å². The van der Waals surface area contributed by atoms with E-state index in [1.54, 1.807) is 13.1 Å². The van der Waals surface area contributed by atoms with Crippen molar-refractivity contribution in [3.05, 3.63) is 64.1 Å². The lowest BCUT2D eigenvalue weighted by molar-refractivity contribution is 0.102. The Morgan fingerprint density at radius 1 is 1.11 bits per heavy atom. The van der Waals surface area contributed by atoms with E-state index >= 15 is 0 Å². The third-order valence-electron chi connectivity index (χ3n) is 3.67. The molecule has 8 heteroatoms. The fourth-order valence-corrected chi connectivity index (χ4v) is 3.19. The first-order valence-corrected chi connectivity index (χ1v) is 11.1. The lowest BCUT2D eigenvalue weighted by Crippen LogP contribution is -2.27. The first-order chi connectivity index (χ1) is 12.8. The van der Waals surface area contributed by atoms with Crippen molar-refractivity contribution < 1.29 is 22.7 Å². The summed E-state index contributed by atoms with van der Waals surface area (Å²) in [5, 5.41) is 0. The van der Waals surface area contributed by atoms with E-state index in [-0.39, 0.29) is 25.5 Å². The first kappa shape index (κ1) is 21.2. The minimum absolute atomic E-state index is 0.0383. The second kappa shape index (κ2) is 9.75. The molecule has 0 aliphatic carbocycles. The number of rotatable bonds is 8. The third kappa shape index (κ3) is 7.22. The van der Waals surface area contributed by atoms with Gasteiger partial charge in [-0.3, -0.25) is 0 Å². The summed E-state index contributed by atoms with van der Waals surface area (Å²) in [6.45, 7) is 0.498. The van der Waals surface area contributed by atoms with Gasteiger partial charge in [-0.1, -0.05) is 42.5 Å². The van der Waals surface area contributed by atoms with E-state index in [0.29, 0.717) is 10.2 Å². The van der Waals surface area contributed by atoms with Crippen LogP contribution < -0.4 is 4.74 Å². The molecule has 2 rings (SSSR count). The molecule has 0 N–H and O–H groups in total. The molecule has 0 saturated heterocycles. The molecule has 0 heterocycles. The van der Waals surface area contributed by atoms with Gasteiger partial charge < -0.3 is 14.4 Å². The molecule has 0 spiro atoms. The van der Waals surface area contributed by atoms with Crippen LogP contribution in [0.15, 0.2) is 53.0 Å². The number of ether oxygens (including phenoxy) is 2. The number of para-hydroxylation sites is 1. The Kier molecular flexibility index (Phi) is 7.67. The molecule has 0 aliphatic heterocycles. The first-order valence-electron chi connectivity index (χ1n) is 8.26. The number of halogens is 1. The van der Waals surface area contributed by atoms with Crippen LogP contribution in [0.5, 0.6) is 5.75 Å². The lowest BCUT2D eigenvalue weighted by Gasteiger charge is -2.20. The average molecular weight is 456 g/mol. The Labute approximate surface area is 168 Å². The highest BCUT2D eigenvalue weighted by atomic mass is 79.9. The van der Waals surface area contributed by atoms with Crippen LogP contribution in [-0.2, 0) is 27.7 Å². The van der Waals surface area contributed by atoms with Gasteiger partial charge in [0.05, 0.1) is 16.8 Å². The Morgan fingerprint density at radius 2 is 1.81 bits per heavy atom. The molecule has 0 fully saturated rings. The summed E-state index contributed by atoms with van der Waals surface area (Å²) in [5.74, 6) is 0.437. The summed E-state index contributed by atoms with van der Waals surface area (Å²) < 4.78 is 34.2. The maximum absolute atomic E-state index is 12.2. The Hall–Kier alpha value is -2.06. The van der Waals surface area contributed by atoms with Gasteiger partial charge in [0.25, 0.3) is 0 Å². The quantitative estimate of drug-likeness (QED) is 0.607. The van der Waals surface area contributed by atoms with E-state index in [2.05, 4.69) is 15.9 Å². The molecule has 2 aromatic carbocycles. The predicted octanol–water partition coefficient (Wildman–Crippen LogP) is 3.64. The van der Waals surface area contributed by atoms with E-state index in [9.17, 15) is 13.2 Å². The number of carbonyl (C=O) groups excluding carboxylic acids is 1. The van der Waals surface area contributed by atoms with E-state index in [0.717, 1.165) is 17.4 Å². The van der Waals surface area contributed by atoms with Crippen molar-refractivity contribution in [2.45, 2.75) is 13.2 Å². The van der Waals surface area contributed by atoms with Gasteiger partial charge in [-0.15, -0.1) is 0 Å². The third-order valence-corrected chi connectivity index (χ3v) is 5.21. The summed E-state index contributed by atoms with van der Waals surface area (Å²) in [7, 11) is -1.48. The molecule has 0 radical (unpaired) electrons. The van der Waals surface area contributed by atoms with Gasteiger partial charge in [0.1, 0.15) is 19.0 Å². The maximum atomic E-state index is 12.2. The van der Waals surface area contributed by atoms with Gasteiger partial charge in [0.2, 0.25) is 0 Å². The minimum Gasteiger partial charge on any atom is -0.491 e. The lowest BCUT2D eigenvalue weighted by atomic mass is 10.2. The average Bonchev–Trinajstić information content (AvgIpc) is 2.62. The molecular weight excluding hydrogens is 434 g/mol. The highest BCUT2D eigenvalue weighted by molar-refractivity contribution is 9.10. The normalized spacial score (nSPS) is 11.1. The van der Waals surface area contributed by atoms with Crippen molar-refractivity contribution in [2.75, 3.05) is 25.7 Å². The van der Waals surface area contributed by atoms with E-state index in [4.69, 9.17) is 9.47 Å². The summed E-state index contributed by atoms with van der Waals surface area (Å²) in [6.07, 6.45) is 0.703. The molecule has 0 saturated carbocycles. The van der Waals surface area contributed by atoms with Gasteiger partial charge in [-0.05, 0) is 27.6 Å². The van der Waals surface area contributed by atoms with E-state index in [1.165, 1.54) is 4.90 Å². The number of amides is 1. The van der Waals surface area contributed by atoms with Crippen molar-refractivity contribution >= 4 is 31.9 Å². The molecule has 0 aliphatic rings. The van der Waals surface area contributed by atoms with Crippen molar-refractivity contribution in [3.8, 4) is 5.75 Å². The number of hydrogen-bond acceptors (Lipinski definition) is 5. The van der Waals surface area contributed by atoms with Crippen LogP contribution in [0, 0.1) is 0 Å². The molecule has 0 bridgehead atoms. The molecule has 0 unspecified atom stereocenters. The predicted molar refractivity (Wildman–Crippen MR) is 107 cm³/mol. The van der Waals surface area contributed by atoms with Crippen LogP contribution in [0.25, 0.3) is 0 Å². The topological polar surface area (TPSA) is 72.9 Å². The van der Waals surface area contributed by atoms with Gasteiger partial charge in [0.15, 0.2) is 9.84 Å². The number of nitrogens with zero attached hydrogens (tertiary/aromatic N) is 1. The second-order valence-electron chi connectivity index (χ2n) is 6.10. The fraction of sp³-hybridized carbons (Fsp3) is 0.316. The summed E-state index contributed by atoms with van der Waals surface area (Å²) in [4.78, 5) is 13.7. The summed E-state index contributed by atoms with van der Waals surface area (Å²) in [6, 6.07) is 14.9. The van der Waals surface area contributed by atoms with Gasteiger partial charge >= 0.3 is 6.09 Å². The largest absolute Gasteiger partial charge is 0.491 e. The smallest absolute Gasteiger partial charge is 0.410 e. The molecule has 146 valence electrons. The van der Waals surface area contributed by atoms with Crippen molar-refractivity contribution in [1.29, 1.82) is 0 Å². The van der Waals surface area contributed by atoms with Crippen LogP contribution in [0.1, 0.15) is 11.1 Å².